The maximum atomic E-state index is 5.61. The van der Waals surface area contributed by atoms with Gasteiger partial charge in [-0.2, -0.15) is 0 Å². The van der Waals surface area contributed by atoms with Crippen LogP contribution in [0.3, 0.4) is 0 Å². The van der Waals surface area contributed by atoms with Crippen molar-refractivity contribution in [2.24, 2.45) is 0 Å². The number of aryl methyl sites for hydroxylation is 2. The Balaban J connectivity index is 1.93. The molecule has 0 aliphatic rings. The summed E-state index contributed by atoms with van der Waals surface area (Å²) in [5, 5.41) is 14.5. The first-order valence-corrected chi connectivity index (χ1v) is 9.43. The van der Waals surface area contributed by atoms with Crippen molar-refractivity contribution >= 4 is 22.3 Å². The summed E-state index contributed by atoms with van der Waals surface area (Å²) >= 11 is 0. The van der Waals surface area contributed by atoms with Gasteiger partial charge in [0.25, 0.3) is 0 Å². The zero-order chi connectivity index (χ0) is 20.4. The van der Waals surface area contributed by atoms with Gasteiger partial charge < -0.3 is 14.8 Å². The third kappa shape index (κ3) is 3.59. The summed E-state index contributed by atoms with van der Waals surface area (Å²) < 4.78 is 10.9. The molecule has 1 aromatic heterocycles. The first-order chi connectivity index (χ1) is 14.1. The van der Waals surface area contributed by atoms with E-state index in [1.807, 2.05) is 48.5 Å². The molecule has 1 heterocycles. The Labute approximate surface area is 170 Å². The minimum atomic E-state index is 0.696. The molecule has 4 rings (SSSR count). The zero-order valence-corrected chi connectivity index (χ0v) is 17.0. The lowest BCUT2D eigenvalue weighted by Gasteiger charge is -2.15. The second-order valence-electron chi connectivity index (χ2n) is 6.94. The van der Waals surface area contributed by atoms with Gasteiger partial charge in [0.1, 0.15) is 17.2 Å². The molecular weight excluding hydrogens is 362 g/mol. The van der Waals surface area contributed by atoms with Crippen LogP contribution in [0.5, 0.6) is 11.5 Å². The van der Waals surface area contributed by atoms with Crippen LogP contribution >= 0.6 is 0 Å². The number of nitrogens with zero attached hydrogens (tertiary/aromatic N) is 2. The van der Waals surface area contributed by atoms with Crippen LogP contribution in [-0.4, -0.2) is 24.4 Å². The smallest absolute Gasteiger partial charge is 0.161 e. The van der Waals surface area contributed by atoms with Crippen LogP contribution < -0.4 is 14.8 Å². The van der Waals surface area contributed by atoms with Crippen molar-refractivity contribution in [3.63, 3.8) is 0 Å². The van der Waals surface area contributed by atoms with Crippen LogP contribution in [0.15, 0.2) is 60.7 Å². The lowest BCUT2D eigenvalue weighted by Crippen LogP contribution is -2.01. The molecule has 29 heavy (non-hydrogen) atoms. The van der Waals surface area contributed by atoms with Crippen LogP contribution in [0.2, 0.25) is 0 Å². The number of aromatic nitrogens is 2. The van der Waals surface area contributed by atoms with E-state index in [4.69, 9.17) is 9.47 Å². The molecule has 3 aromatic carbocycles. The van der Waals surface area contributed by atoms with E-state index in [9.17, 15) is 0 Å². The Bertz CT molecular complexity index is 1170. The van der Waals surface area contributed by atoms with Crippen LogP contribution in [0, 0.1) is 13.8 Å². The largest absolute Gasteiger partial charge is 0.497 e. The number of anilines is 2. The van der Waals surface area contributed by atoms with E-state index in [0.29, 0.717) is 5.75 Å². The second kappa shape index (κ2) is 7.80. The second-order valence-corrected chi connectivity index (χ2v) is 6.94. The number of ether oxygens (including phenoxy) is 2. The average Bonchev–Trinajstić information content (AvgIpc) is 2.75. The fraction of sp³-hybridized carbons (Fsp3) is 0.167. The molecule has 1 N–H and O–H groups in total. The van der Waals surface area contributed by atoms with Gasteiger partial charge in [0.2, 0.25) is 0 Å². The summed E-state index contributed by atoms with van der Waals surface area (Å²) in [5.74, 6) is 2.16. The predicted molar refractivity (Wildman–Crippen MR) is 117 cm³/mol. The highest BCUT2D eigenvalue weighted by Gasteiger charge is 2.16. The maximum Gasteiger partial charge on any atom is 0.161 e. The van der Waals surface area contributed by atoms with Gasteiger partial charge in [-0.05, 0) is 61.4 Å². The van der Waals surface area contributed by atoms with Crippen molar-refractivity contribution in [3.05, 3.63) is 71.8 Å². The molecule has 0 bridgehead atoms. The van der Waals surface area contributed by atoms with Gasteiger partial charge in [-0.1, -0.05) is 18.2 Å². The third-order valence-electron chi connectivity index (χ3n) is 5.09. The van der Waals surface area contributed by atoms with E-state index in [2.05, 4.69) is 41.5 Å². The number of para-hydroxylation sites is 1. The van der Waals surface area contributed by atoms with Crippen molar-refractivity contribution in [1.29, 1.82) is 0 Å². The number of hydrogen-bond donors (Lipinski definition) is 1. The molecule has 5 heteroatoms. The quantitative estimate of drug-likeness (QED) is 0.479. The molecule has 0 atom stereocenters. The lowest BCUT2D eigenvalue weighted by atomic mass is 9.99. The molecule has 0 aliphatic carbocycles. The van der Waals surface area contributed by atoms with Crippen molar-refractivity contribution in [1.82, 2.24) is 10.2 Å². The lowest BCUT2D eigenvalue weighted by molar-refractivity contribution is 0.395. The van der Waals surface area contributed by atoms with Gasteiger partial charge in [-0.3, -0.25) is 0 Å². The standard InChI is InChI=1S/C24H23N3O2/c1-15-12-20-21(13-16(15)2)24(25-17-8-6-5-7-9-17)27-26-23(20)19-11-10-18(28-3)14-22(19)29-4/h5-14H,1-4H3,(H,25,27). The predicted octanol–water partition coefficient (Wildman–Crippen LogP) is 5.67. The average molecular weight is 385 g/mol. The molecule has 0 fully saturated rings. The number of nitrogens with one attached hydrogen (secondary N) is 1. The van der Waals surface area contributed by atoms with E-state index < -0.39 is 0 Å². The van der Waals surface area contributed by atoms with Crippen LogP contribution in [-0.2, 0) is 0 Å². The molecule has 0 aliphatic heterocycles. The van der Waals surface area contributed by atoms with E-state index in [1.54, 1.807) is 14.2 Å². The first kappa shape index (κ1) is 18.7. The minimum Gasteiger partial charge on any atom is -0.497 e. The molecule has 0 saturated carbocycles. The van der Waals surface area contributed by atoms with Crippen LogP contribution in [0.25, 0.3) is 22.0 Å². The summed E-state index contributed by atoms with van der Waals surface area (Å²) in [6, 6.07) is 20.0. The fourth-order valence-electron chi connectivity index (χ4n) is 3.36. The SMILES string of the molecule is COc1ccc(-c2nnc(Nc3ccccc3)c3cc(C)c(C)cc23)c(OC)c1. The maximum absolute atomic E-state index is 5.61. The molecule has 0 saturated heterocycles. The number of benzene rings is 3. The highest BCUT2D eigenvalue weighted by atomic mass is 16.5. The Morgan fingerprint density at radius 2 is 1.48 bits per heavy atom. The van der Waals surface area contributed by atoms with Gasteiger partial charge in [0.05, 0.1) is 14.2 Å². The number of rotatable bonds is 5. The highest BCUT2D eigenvalue weighted by molar-refractivity contribution is 6.02. The van der Waals surface area contributed by atoms with E-state index in [0.717, 1.165) is 39.3 Å². The monoisotopic (exact) mass is 385 g/mol. The normalized spacial score (nSPS) is 10.8. The first-order valence-electron chi connectivity index (χ1n) is 9.43. The summed E-state index contributed by atoms with van der Waals surface area (Å²) in [4.78, 5) is 0. The molecule has 0 spiro atoms. The Hall–Kier alpha value is -3.60. The van der Waals surface area contributed by atoms with Crippen LogP contribution in [0.4, 0.5) is 11.5 Å². The van der Waals surface area contributed by atoms with Crippen LogP contribution in [0.1, 0.15) is 11.1 Å². The number of hydrogen-bond acceptors (Lipinski definition) is 5. The topological polar surface area (TPSA) is 56.3 Å². The van der Waals surface area contributed by atoms with Crippen molar-refractivity contribution < 1.29 is 9.47 Å². The summed E-state index contributed by atoms with van der Waals surface area (Å²) in [6.07, 6.45) is 0. The van der Waals surface area contributed by atoms with E-state index >= 15 is 0 Å². The van der Waals surface area contributed by atoms with Crippen molar-refractivity contribution in [2.45, 2.75) is 13.8 Å². The highest BCUT2D eigenvalue weighted by Crippen LogP contribution is 2.38. The van der Waals surface area contributed by atoms with E-state index in [1.165, 1.54) is 11.1 Å². The van der Waals surface area contributed by atoms with Gasteiger partial charge in [0.15, 0.2) is 5.82 Å². The Kier molecular flexibility index (Phi) is 5.04. The molecule has 4 aromatic rings. The summed E-state index contributed by atoms with van der Waals surface area (Å²) in [7, 11) is 3.29. The zero-order valence-electron chi connectivity index (χ0n) is 17.0. The molecule has 0 amide bonds. The van der Waals surface area contributed by atoms with Gasteiger partial charge in [-0.25, -0.2) is 0 Å². The number of methoxy groups -OCH3 is 2. The Morgan fingerprint density at radius 1 is 0.759 bits per heavy atom. The Morgan fingerprint density at radius 3 is 2.17 bits per heavy atom. The molecule has 146 valence electrons. The molecular formula is C24H23N3O2. The molecule has 0 radical (unpaired) electrons. The summed E-state index contributed by atoms with van der Waals surface area (Å²) in [5.41, 5.74) is 5.02. The van der Waals surface area contributed by atoms with Gasteiger partial charge >= 0.3 is 0 Å². The molecule has 5 nitrogen and oxygen atoms in total. The molecule has 0 unspecified atom stereocenters. The van der Waals surface area contributed by atoms with Crippen molar-refractivity contribution in [3.8, 4) is 22.8 Å². The fourth-order valence-corrected chi connectivity index (χ4v) is 3.36. The van der Waals surface area contributed by atoms with Gasteiger partial charge in [-0.15, -0.1) is 10.2 Å². The minimum absolute atomic E-state index is 0.696. The summed E-state index contributed by atoms with van der Waals surface area (Å²) in [6.45, 7) is 4.21. The van der Waals surface area contributed by atoms with Crippen molar-refractivity contribution in [2.75, 3.05) is 19.5 Å². The van der Waals surface area contributed by atoms with Gasteiger partial charge in [0, 0.05) is 28.1 Å². The number of fused-ring (bicyclic) bond motifs is 1. The van der Waals surface area contributed by atoms with E-state index in [-0.39, 0.29) is 0 Å². The third-order valence-corrected chi connectivity index (χ3v) is 5.09.